The number of anilines is 1. The Bertz CT molecular complexity index is 741. The van der Waals surface area contributed by atoms with Crippen LogP contribution in [0.4, 0.5) is 5.69 Å². The molecule has 1 amide bonds. The second kappa shape index (κ2) is 10.5. The molecule has 1 N–H and O–H groups in total. The molecule has 2 aromatic rings. The molecule has 0 aromatic heterocycles. The molecule has 0 unspecified atom stereocenters. The largest absolute Gasteiger partial charge is 0.494 e. The number of piperazine rings is 1. The Morgan fingerprint density at radius 1 is 1.04 bits per heavy atom. The summed E-state index contributed by atoms with van der Waals surface area (Å²) in [5.41, 5.74) is 2.13. The molecule has 0 aliphatic carbocycles. The van der Waals surface area contributed by atoms with Gasteiger partial charge in [0.2, 0.25) is 5.91 Å². The van der Waals surface area contributed by atoms with Gasteiger partial charge in [0.15, 0.2) is 0 Å². The summed E-state index contributed by atoms with van der Waals surface area (Å²) in [4.78, 5) is 18.1. The highest BCUT2D eigenvalue weighted by Gasteiger charge is 2.13. The van der Waals surface area contributed by atoms with E-state index < -0.39 is 0 Å². The van der Waals surface area contributed by atoms with Crippen molar-refractivity contribution in [3.8, 4) is 5.75 Å². The Morgan fingerprint density at radius 3 is 2.36 bits per heavy atom. The van der Waals surface area contributed by atoms with Gasteiger partial charge < -0.3 is 15.0 Å². The zero-order valence-corrected chi connectivity index (χ0v) is 17.5. The highest BCUT2D eigenvalue weighted by atomic mass is 32.2. The van der Waals surface area contributed by atoms with E-state index in [1.807, 2.05) is 43.3 Å². The fraction of sp³-hybridized carbons (Fsp3) is 0.409. The van der Waals surface area contributed by atoms with Crippen LogP contribution in [0.1, 0.15) is 12.5 Å². The van der Waals surface area contributed by atoms with Crippen LogP contribution in [0.15, 0.2) is 53.4 Å². The lowest BCUT2D eigenvalue weighted by molar-refractivity contribution is -0.113. The highest BCUT2D eigenvalue weighted by Crippen LogP contribution is 2.22. The molecule has 0 saturated carbocycles. The van der Waals surface area contributed by atoms with Crippen LogP contribution in [-0.2, 0) is 11.3 Å². The van der Waals surface area contributed by atoms with Crippen molar-refractivity contribution >= 4 is 23.4 Å². The van der Waals surface area contributed by atoms with Crippen molar-refractivity contribution in [2.75, 3.05) is 50.9 Å². The zero-order chi connectivity index (χ0) is 19.8. The molecule has 150 valence electrons. The molecule has 1 aliphatic heterocycles. The van der Waals surface area contributed by atoms with E-state index in [2.05, 4.69) is 34.3 Å². The smallest absolute Gasteiger partial charge is 0.234 e. The van der Waals surface area contributed by atoms with Gasteiger partial charge >= 0.3 is 0 Å². The first-order valence-corrected chi connectivity index (χ1v) is 10.8. The van der Waals surface area contributed by atoms with Crippen molar-refractivity contribution in [3.63, 3.8) is 0 Å². The van der Waals surface area contributed by atoms with Gasteiger partial charge in [0.25, 0.3) is 0 Å². The lowest BCUT2D eigenvalue weighted by atomic mass is 10.2. The van der Waals surface area contributed by atoms with Crippen LogP contribution in [0.3, 0.4) is 0 Å². The monoisotopic (exact) mass is 399 g/mol. The fourth-order valence-electron chi connectivity index (χ4n) is 3.10. The summed E-state index contributed by atoms with van der Waals surface area (Å²) >= 11 is 1.52. The van der Waals surface area contributed by atoms with Gasteiger partial charge in [-0.25, -0.2) is 0 Å². The number of ether oxygens (including phenoxy) is 1. The minimum atomic E-state index is 0.00528. The summed E-state index contributed by atoms with van der Waals surface area (Å²) in [5.74, 6) is 1.25. The molecule has 1 saturated heterocycles. The maximum absolute atomic E-state index is 12.2. The van der Waals surface area contributed by atoms with E-state index in [-0.39, 0.29) is 5.91 Å². The molecule has 1 fully saturated rings. The van der Waals surface area contributed by atoms with Crippen molar-refractivity contribution in [1.82, 2.24) is 9.80 Å². The van der Waals surface area contributed by atoms with E-state index in [9.17, 15) is 4.79 Å². The summed E-state index contributed by atoms with van der Waals surface area (Å²) in [6, 6.07) is 16.0. The van der Waals surface area contributed by atoms with Crippen LogP contribution in [-0.4, -0.2) is 61.3 Å². The molecule has 2 aromatic carbocycles. The predicted molar refractivity (Wildman–Crippen MR) is 116 cm³/mol. The van der Waals surface area contributed by atoms with E-state index in [1.165, 1.54) is 17.3 Å². The molecule has 1 aliphatic rings. The average molecular weight is 400 g/mol. The number of thioether (sulfide) groups is 1. The number of carbonyl (C=O) groups is 1. The molecule has 0 spiro atoms. The predicted octanol–water partition coefficient (Wildman–Crippen LogP) is 3.56. The third-order valence-electron chi connectivity index (χ3n) is 4.74. The number of likely N-dealkylation sites (N-methyl/N-ethyl adjacent to an activating group) is 1. The maximum Gasteiger partial charge on any atom is 0.234 e. The van der Waals surface area contributed by atoms with Gasteiger partial charge in [-0.2, -0.15) is 0 Å². The molecule has 5 nitrogen and oxygen atoms in total. The second-order valence-electron chi connectivity index (χ2n) is 7.02. The first kappa shape index (κ1) is 20.7. The molecule has 1 heterocycles. The van der Waals surface area contributed by atoms with E-state index in [1.54, 1.807) is 0 Å². The van der Waals surface area contributed by atoms with Crippen LogP contribution in [0, 0.1) is 0 Å². The standard InChI is InChI=1S/C22H29N3O2S/c1-3-27-20-8-10-21(11-9-20)28-17-22(26)23-19-6-4-18(5-7-19)16-25-14-12-24(2)13-15-25/h4-11H,3,12-17H2,1-2H3,(H,23,26). The second-order valence-corrected chi connectivity index (χ2v) is 8.07. The lowest BCUT2D eigenvalue weighted by Crippen LogP contribution is -2.43. The summed E-state index contributed by atoms with van der Waals surface area (Å²) in [6.07, 6.45) is 0. The molecule has 6 heteroatoms. The van der Waals surface area contributed by atoms with Gasteiger partial charge in [-0.3, -0.25) is 9.69 Å². The molecule has 0 bridgehead atoms. The third kappa shape index (κ3) is 6.55. The number of nitrogens with one attached hydrogen (secondary N) is 1. The number of nitrogens with zero attached hydrogens (tertiary/aromatic N) is 2. The molecular weight excluding hydrogens is 370 g/mol. The third-order valence-corrected chi connectivity index (χ3v) is 5.76. The Morgan fingerprint density at radius 2 is 1.71 bits per heavy atom. The maximum atomic E-state index is 12.2. The number of hydrogen-bond donors (Lipinski definition) is 1. The number of amides is 1. The van der Waals surface area contributed by atoms with Crippen molar-refractivity contribution in [2.24, 2.45) is 0 Å². The first-order valence-electron chi connectivity index (χ1n) is 9.78. The molecule has 0 radical (unpaired) electrons. The number of benzene rings is 2. The van der Waals surface area contributed by atoms with Crippen LogP contribution in [0.5, 0.6) is 5.75 Å². The first-order chi connectivity index (χ1) is 13.6. The number of rotatable bonds is 8. The van der Waals surface area contributed by atoms with Gasteiger partial charge in [0.05, 0.1) is 12.4 Å². The minimum Gasteiger partial charge on any atom is -0.494 e. The van der Waals surface area contributed by atoms with Gasteiger partial charge in [-0.05, 0) is 55.9 Å². The van der Waals surface area contributed by atoms with E-state index in [0.717, 1.165) is 49.1 Å². The van der Waals surface area contributed by atoms with Crippen molar-refractivity contribution in [2.45, 2.75) is 18.4 Å². The molecule has 3 rings (SSSR count). The average Bonchev–Trinajstić information content (AvgIpc) is 2.71. The van der Waals surface area contributed by atoms with Crippen LogP contribution >= 0.6 is 11.8 Å². The molecule has 28 heavy (non-hydrogen) atoms. The van der Waals surface area contributed by atoms with Gasteiger partial charge in [0, 0.05) is 43.3 Å². The van der Waals surface area contributed by atoms with E-state index in [0.29, 0.717) is 12.4 Å². The molecule has 0 atom stereocenters. The SMILES string of the molecule is CCOc1ccc(SCC(=O)Nc2ccc(CN3CCN(C)CC3)cc2)cc1. The topological polar surface area (TPSA) is 44.8 Å². The van der Waals surface area contributed by atoms with Crippen molar-refractivity contribution < 1.29 is 9.53 Å². The number of hydrogen-bond acceptors (Lipinski definition) is 5. The quantitative estimate of drug-likeness (QED) is 0.688. The summed E-state index contributed by atoms with van der Waals surface area (Å²) in [7, 11) is 2.17. The molecular formula is C22H29N3O2S. The summed E-state index contributed by atoms with van der Waals surface area (Å²) in [5, 5.41) is 2.98. The van der Waals surface area contributed by atoms with Crippen LogP contribution < -0.4 is 10.1 Å². The van der Waals surface area contributed by atoms with Crippen molar-refractivity contribution in [3.05, 3.63) is 54.1 Å². The Kier molecular flexibility index (Phi) is 7.77. The normalized spacial score (nSPS) is 15.4. The van der Waals surface area contributed by atoms with Crippen molar-refractivity contribution in [1.29, 1.82) is 0 Å². The van der Waals surface area contributed by atoms with Gasteiger partial charge in [-0.1, -0.05) is 12.1 Å². The van der Waals surface area contributed by atoms with Crippen LogP contribution in [0.2, 0.25) is 0 Å². The van der Waals surface area contributed by atoms with Gasteiger partial charge in [0.1, 0.15) is 5.75 Å². The Labute approximate surface area is 172 Å². The van der Waals surface area contributed by atoms with Crippen LogP contribution in [0.25, 0.3) is 0 Å². The van der Waals surface area contributed by atoms with Gasteiger partial charge in [-0.15, -0.1) is 11.8 Å². The fourth-order valence-corrected chi connectivity index (χ4v) is 3.80. The lowest BCUT2D eigenvalue weighted by Gasteiger charge is -2.32. The van der Waals surface area contributed by atoms with E-state index >= 15 is 0 Å². The zero-order valence-electron chi connectivity index (χ0n) is 16.7. The summed E-state index contributed by atoms with van der Waals surface area (Å²) < 4.78 is 5.43. The minimum absolute atomic E-state index is 0.00528. The summed E-state index contributed by atoms with van der Waals surface area (Å²) in [6.45, 7) is 8.06. The highest BCUT2D eigenvalue weighted by molar-refractivity contribution is 8.00. The van der Waals surface area contributed by atoms with E-state index in [4.69, 9.17) is 4.74 Å². The Hall–Kier alpha value is -2.02. The number of carbonyl (C=O) groups excluding carboxylic acids is 1. The Balaban J connectivity index is 1.42.